The van der Waals surface area contributed by atoms with E-state index in [0.29, 0.717) is 17.3 Å². The van der Waals surface area contributed by atoms with E-state index in [0.717, 1.165) is 38.0 Å². The minimum absolute atomic E-state index is 0.165. The molecule has 0 radical (unpaired) electrons. The lowest BCUT2D eigenvalue weighted by atomic mass is 10.1. The Balaban J connectivity index is 1.76. The lowest BCUT2D eigenvalue weighted by Gasteiger charge is -2.30. The molecule has 2 aromatic rings. The fourth-order valence-electron chi connectivity index (χ4n) is 2.96. The van der Waals surface area contributed by atoms with Crippen LogP contribution in [0, 0.1) is 0 Å². The van der Waals surface area contributed by atoms with Crippen molar-refractivity contribution >= 4 is 33.1 Å². The number of likely N-dealkylation sites (tertiary alicyclic amines) is 1. The van der Waals surface area contributed by atoms with Gasteiger partial charge in [0, 0.05) is 30.2 Å². The average molecular weight is 392 g/mol. The molecule has 0 atom stereocenters. The van der Waals surface area contributed by atoms with Gasteiger partial charge in [0.05, 0.1) is 4.90 Å². The van der Waals surface area contributed by atoms with Crippen molar-refractivity contribution in [1.29, 1.82) is 0 Å². The molecule has 3 rings (SSSR count). The summed E-state index contributed by atoms with van der Waals surface area (Å²) < 4.78 is 29.3. The van der Waals surface area contributed by atoms with Crippen LogP contribution in [0.15, 0.2) is 57.8 Å². The third kappa shape index (κ3) is 4.77. The van der Waals surface area contributed by atoms with Gasteiger partial charge in [0.1, 0.15) is 5.84 Å². The second-order valence-electron chi connectivity index (χ2n) is 6.37. The predicted molar refractivity (Wildman–Crippen MR) is 106 cm³/mol. The first-order valence-electron chi connectivity index (χ1n) is 8.63. The number of nitrogens with zero attached hydrogens (tertiary/aromatic N) is 2. The molecule has 1 heterocycles. The molecule has 138 valence electrons. The molecule has 0 amide bonds. The zero-order valence-electron chi connectivity index (χ0n) is 14.4. The normalized spacial score (nSPS) is 16.8. The molecule has 2 aromatic carbocycles. The van der Waals surface area contributed by atoms with Crippen molar-refractivity contribution in [2.24, 2.45) is 4.40 Å². The topological polar surface area (TPSA) is 75.8 Å². The molecule has 0 unspecified atom stereocenters. The first-order valence-corrected chi connectivity index (χ1v) is 10.4. The van der Waals surface area contributed by atoms with Crippen molar-refractivity contribution in [3.05, 3.63) is 59.1 Å². The van der Waals surface area contributed by atoms with E-state index in [1.54, 1.807) is 12.1 Å². The number of piperidine rings is 1. The zero-order valence-corrected chi connectivity index (χ0v) is 16.0. The zero-order chi connectivity index (χ0) is 18.6. The summed E-state index contributed by atoms with van der Waals surface area (Å²) in [5.41, 5.74) is 7.63. The highest BCUT2D eigenvalue weighted by Crippen LogP contribution is 2.20. The number of hydrogen-bond acceptors (Lipinski definition) is 3. The van der Waals surface area contributed by atoms with Crippen molar-refractivity contribution in [2.75, 3.05) is 18.8 Å². The summed E-state index contributed by atoms with van der Waals surface area (Å²) >= 11 is 5.84. The number of benzene rings is 2. The predicted octanol–water partition coefficient (Wildman–Crippen LogP) is 3.74. The summed E-state index contributed by atoms with van der Waals surface area (Å²) in [4.78, 5) is 2.24. The Kier molecular flexibility index (Phi) is 5.84. The van der Waals surface area contributed by atoms with Crippen LogP contribution in [0.1, 0.15) is 24.8 Å². The second kappa shape index (κ2) is 8.10. The molecule has 0 saturated carbocycles. The molecule has 1 saturated heterocycles. The highest BCUT2D eigenvalue weighted by Gasteiger charge is 2.21. The van der Waals surface area contributed by atoms with Crippen LogP contribution in [-0.2, 0) is 16.4 Å². The summed E-state index contributed by atoms with van der Waals surface area (Å²) in [6, 6.07) is 13.9. The van der Waals surface area contributed by atoms with Gasteiger partial charge < -0.3 is 10.6 Å². The van der Waals surface area contributed by atoms with Crippen LogP contribution in [0.3, 0.4) is 0 Å². The van der Waals surface area contributed by atoms with E-state index in [9.17, 15) is 8.42 Å². The SMILES string of the molecule is Nc1ccc(CCN2CCCC/C2=N/S(=O)(=O)c2ccc(Cl)cc2)cc1. The Morgan fingerprint density at radius 2 is 1.73 bits per heavy atom. The molecule has 26 heavy (non-hydrogen) atoms. The molecule has 2 N–H and O–H groups in total. The standard InChI is InChI=1S/C19H22ClN3O2S/c20-16-6-10-18(11-7-16)26(24,25)22-19-3-1-2-13-23(19)14-12-15-4-8-17(21)9-5-15/h4-11H,1-3,12-14,21H2/b22-19-. The van der Waals surface area contributed by atoms with Gasteiger partial charge in [-0.1, -0.05) is 23.7 Å². The minimum atomic E-state index is -3.73. The molecule has 0 aliphatic carbocycles. The lowest BCUT2D eigenvalue weighted by Crippen LogP contribution is -2.37. The maximum Gasteiger partial charge on any atom is 0.283 e. The number of hydrogen-bond donors (Lipinski definition) is 1. The van der Waals surface area contributed by atoms with E-state index in [1.807, 2.05) is 24.3 Å². The minimum Gasteiger partial charge on any atom is -0.399 e. The summed E-state index contributed by atoms with van der Waals surface area (Å²) in [7, 11) is -3.73. The third-order valence-corrected chi connectivity index (χ3v) is 6.00. The van der Waals surface area contributed by atoms with Crippen LogP contribution in [0.2, 0.25) is 5.02 Å². The molecule has 0 bridgehead atoms. The number of nitrogens with two attached hydrogens (primary N) is 1. The number of rotatable bonds is 5. The van der Waals surface area contributed by atoms with Crippen LogP contribution < -0.4 is 5.73 Å². The van der Waals surface area contributed by atoms with E-state index < -0.39 is 10.0 Å². The van der Waals surface area contributed by atoms with E-state index in [4.69, 9.17) is 17.3 Å². The van der Waals surface area contributed by atoms with Gasteiger partial charge >= 0.3 is 0 Å². The number of halogens is 1. The van der Waals surface area contributed by atoms with Crippen molar-refractivity contribution in [3.8, 4) is 0 Å². The fourth-order valence-corrected chi connectivity index (χ4v) is 4.16. The van der Waals surface area contributed by atoms with Crippen LogP contribution in [0.25, 0.3) is 0 Å². The summed E-state index contributed by atoms with van der Waals surface area (Å²) in [5.74, 6) is 0.640. The summed E-state index contributed by atoms with van der Waals surface area (Å²) in [6.07, 6.45) is 3.49. The Morgan fingerprint density at radius 1 is 1.04 bits per heavy atom. The van der Waals surface area contributed by atoms with E-state index in [1.165, 1.54) is 17.7 Å². The van der Waals surface area contributed by atoms with Crippen molar-refractivity contribution in [2.45, 2.75) is 30.6 Å². The van der Waals surface area contributed by atoms with Crippen molar-refractivity contribution in [1.82, 2.24) is 4.90 Å². The smallest absolute Gasteiger partial charge is 0.283 e. The Labute approximate surface area is 159 Å². The van der Waals surface area contributed by atoms with Gasteiger partial charge in [-0.25, -0.2) is 0 Å². The van der Waals surface area contributed by atoms with Gasteiger partial charge in [-0.05, 0) is 61.2 Å². The van der Waals surface area contributed by atoms with Crippen molar-refractivity contribution in [3.63, 3.8) is 0 Å². The molecular formula is C19H22ClN3O2S. The Bertz CT molecular complexity index is 878. The van der Waals surface area contributed by atoms with Gasteiger partial charge in [0.2, 0.25) is 0 Å². The van der Waals surface area contributed by atoms with Crippen molar-refractivity contribution < 1.29 is 8.42 Å². The molecule has 1 fully saturated rings. The fraction of sp³-hybridized carbons (Fsp3) is 0.316. The molecule has 0 spiro atoms. The van der Waals surface area contributed by atoms with Gasteiger partial charge in [-0.15, -0.1) is 4.40 Å². The highest BCUT2D eigenvalue weighted by molar-refractivity contribution is 7.90. The van der Waals surface area contributed by atoms with E-state index in [2.05, 4.69) is 9.30 Å². The highest BCUT2D eigenvalue weighted by atomic mass is 35.5. The lowest BCUT2D eigenvalue weighted by molar-refractivity contribution is 0.374. The maximum absolute atomic E-state index is 12.6. The molecule has 7 heteroatoms. The summed E-state index contributed by atoms with van der Waals surface area (Å²) in [6.45, 7) is 1.56. The first kappa shape index (κ1) is 18.7. The quantitative estimate of drug-likeness (QED) is 0.788. The molecule has 5 nitrogen and oxygen atoms in total. The van der Waals surface area contributed by atoms with Gasteiger partial charge in [-0.3, -0.25) is 0 Å². The average Bonchev–Trinajstić information content (AvgIpc) is 2.62. The molecule has 1 aliphatic heterocycles. The first-order chi connectivity index (χ1) is 12.4. The largest absolute Gasteiger partial charge is 0.399 e. The van der Waals surface area contributed by atoms with Crippen LogP contribution in [0.5, 0.6) is 0 Å². The number of sulfonamides is 1. The molecule has 1 aliphatic rings. The van der Waals surface area contributed by atoms with Crippen LogP contribution in [-0.4, -0.2) is 32.2 Å². The number of anilines is 1. The monoisotopic (exact) mass is 391 g/mol. The molecular weight excluding hydrogens is 370 g/mol. The Morgan fingerprint density at radius 3 is 2.42 bits per heavy atom. The molecule has 0 aromatic heterocycles. The van der Waals surface area contributed by atoms with Crippen LogP contribution >= 0.6 is 11.6 Å². The summed E-state index contributed by atoms with van der Waals surface area (Å²) in [5, 5.41) is 0.499. The Hall–Kier alpha value is -2.05. The van der Waals surface area contributed by atoms with Gasteiger partial charge in [-0.2, -0.15) is 8.42 Å². The van der Waals surface area contributed by atoms with Gasteiger partial charge in [0.25, 0.3) is 10.0 Å². The second-order valence-corrected chi connectivity index (χ2v) is 8.41. The van der Waals surface area contributed by atoms with Crippen LogP contribution in [0.4, 0.5) is 5.69 Å². The maximum atomic E-state index is 12.6. The van der Waals surface area contributed by atoms with E-state index >= 15 is 0 Å². The van der Waals surface area contributed by atoms with E-state index in [-0.39, 0.29) is 4.90 Å². The number of nitrogen functional groups attached to an aromatic ring is 1. The third-order valence-electron chi connectivity index (χ3n) is 4.43. The van der Waals surface area contributed by atoms with Gasteiger partial charge in [0.15, 0.2) is 0 Å². The number of amidine groups is 1.